The van der Waals surface area contributed by atoms with E-state index in [2.05, 4.69) is 12.2 Å². The van der Waals surface area contributed by atoms with E-state index in [0.29, 0.717) is 83.1 Å². The highest BCUT2D eigenvalue weighted by atomic mass is 16.6. The van der Waals surface area contributed by atoms with Gasteiger partial charge in [0.1, 0.15) is 13.2 Å². The van der Waals surface area contributed by atoms with E-state index in [9.17, 15) is 4.79 Å². The first-order chi connectivity index (χ1) is 16.2. The molecule has 1 aromatic rings. The first-order valence-corrected chi connectivity index (χ1v) is 12.1. The van der Waals surface area contributed by atoms with Crippen LogP contribution in [0.4, 0.5) is 0 Å². The summed E-state index contributed by atoms with van der Waals surface area (Å²) in [5.74, 6) is 0.985. The minimum atomic E-state index is -0.108. The maximum absolute atomic E-state index is 12.5. The van der Waals surface area contributed by atoms with E-state index in [1.54, 1.807) is 25.3 Å². The van der Waals surface area contributed by atoms with Crippen LogP contribution in [0.1, 0.15) is 56.3 Å². The SMILES string of the molecule is CCCCCCCNC(=O)c1ccc(OCCOCCOCCOC)c(OCCOCC)c1. The van der Waals surface area contributed by atoms with Crippen molar-refractivity contribution in [1.29, 1.82) is 0 Å². The summed E-state index contributed by atoms with van der Waals surface area (Å²) < 4.78 is 32.8. The predicted octanol–water partition coefficient (Wildman–Crippen LogP) is 3.86. The number of methoxy groups -OCH3 is 1. The molecule has 0 spiro atoms. The van der Waals surface area contributed by atoms with Crippen molar-refractivity contribution >= 4 is 5.91 Å². The average Bonchev–Trinajstić information content (AvgIpc) is 2.83. The summed E-state index contributed by atoms with van der Waals surface area (Å²) in [4.78, 5) is 12.5. The van der Waals surface area contributed by atoms with Gasteiger partial charge in [-0.2, -0.15) is 0 Å². The summed E-state index contributed by atoms with van der Waals surface area (Å²) >= 11 is 0. The summed E-state index contributed by atoms with van der Waals surface area (Å²) in [7, 11) is 1.64. The highest BCUT2D eigenvalue weighted by Gasteiger charge is 2.12. The van der Waals surface area contributed by atoms with Gasteiger partial charge in [0.05, 0.1) is 39.6 Å². The van der Waals surface area contributed by atoms with Gasteiger partial charge in [0, 0.05) is 25.8 Å². The van der Waals surface area contributed by atoms with Crippen molar-refractivity contribution in [2.45, 2.75) is 46.0 Å². The molecular weight excluding hydrogens is 426 g/mol. The molecule has 0 saturated heterocycles. The quantitative estimate of drug-likeness (QED) is 0.258. The van der Waals surface area contributed by atoms with Gasteiger partial charge in [-0.3, -0.25) is 4.79 Å². The number of rotatable bonds is 22. The number of nitrogens with one attached hydrogen (secondary N) is 1. The third-order valence-electron chi connectivity index (χ3n) is 4.75. The number of ether oxygens (including phenoxy) is 6. The van der Waals surface area contributed by atoms with Crippen LogP contribution in [0.3, 0.4) is 0 Å². The van der Waals surface area contributed by atoms with Gasteiger partial charge in [0.15, 0.2) is 11.5 Å². The molecule has 1 aromatic carbocycles. The van der Waals surface area contributed by atoms with Gasteiger partial charge < -0.3 is 33.7 Å². The first-order valence-electron chi connectivity index (χ1n) is 12.1. The second kappa shape index (κ2) is 20.7. The molecule has 190 valence electrons. The Kier molecular flexibility index (Phi) is 18.3. The van der Waals surface area contributed by atoms with Crippen molar-refractivity contribution in [3.05, 3.63) is 23.8 Å². The Morgan fingerprint density at radius 3 is 2.09 bits per heavy atom. The minimum Gasteiger partial charge on any atom is -0.487 e. The second-order valence-electron chi connectivity index (χ2n) is 7.44. The lowest BCUT2D eigenvalue weighted by Gasteiger charge is -2.15. The van der Waals surface area contributed by atoms with Crippen LogP contribution in [0.15, 0.2) is 18.2 Å². The van der Waals surface area contributed by atoms with Crippen molar-refractivity contribution in [2.24, 2.45) is 0 Å². The highest BCUT2D eigenvalue weighted by Crippen LogP contribution is 2.28. The van der Waals surface area contributed by atoms with E-state index in [1.807, 2.05) is 6.92 Å². The van der Waals surface area contributed by atoms with Gasteiger partial charge in [-0.05, 0) is 31.5 Å². The smallest absolute Gasteiger partial charge is 0.251 e. The predicted molar refractivity (Wildman–Crippen MR) is 129 cm³/mol. The highest BCUT2D eigenvalue weighted by molar-refractivity contribution is 5.94. The molecule has 0 aliphatic heterocycles. The maximum Gasteiger partial charge on any atom is 0.251 e. The van der Waals surface area contributed by atoms with E-state index in [4.69, 9.17) is 28.4 Å². The maximum atomic E-state index is 12.5. The molecule has 0 aliphatic rings. The Hall–Kier alpha value is -1.87. The van der Waals surface area contributed by atoms with E-state index in [-0.39, 0.29) is 5.91 Å². The molecule has 8 nitrogen and oxygen atoms in total. The van der Waals surface area contributed by atoms with Crippen molar-refractivity contribution < 1.29 is 33.2 Å². The number of hydrogen-bond donors (Lipinski definition) is 1. The van der Waals surface area contributed by atoms with Gasteiger partial charge in [-0.1, -0.05) is 32.6 Å². The zero-order valence-electron chi connectivity index (χ0n) is 20.7. The second-order valence-corrected chi connectivity index (χ2v) is 7.44. The van der Waals surface area contributed by atoms with Crippen LogP contribution in [0.5, 0.6) is 11.5 Å². The minimum absolute atomic E-state index is 0.108. The monoisotopic (exact) mass is 469 g/mol. The average molecular weight is 470 g/mol. The fourth-order valence-corrected chi connectivity index (χ4v) is 2.94. The van der Waals surface area contributed by atoms with Crippen LogP contribution < -0.4 is 14.8 Å². The third kappa shape index (κ3) is 14.8. The fraction of sp³-hybridized carbons (Fsp3) is 0.720. The van der Waals surface area contributed by atoms with Crippen LogP contribution in [0.25, 0.3) is 0 Å². The van der Waals surface area contributed by atoms with E-state index in [1.165, 1.54) is 19.3 Å². The molecule has 0 aromatic heterocycles. The molecule has 33 heavy (non-hydrogen) atoms. The zero-order chi connectivity index (χ0) is 24.0. The van der Waals surface area contributed by atoms with Gasteiger partial charge in [0.2, 0.25) is 0 Å². The van der Waals surface area contributed by atoms with Crippen LogP contribution in [-0.4, -0.2) is 79.0 Å². The summed E-state index contributed by atoms with van der Waals surface area (Å²) in [6.45, 7) is 9.18. The molecule has 0 bridgehead atoms. The van der Waals surface area contributed by atoms with E-state index in [0.717, 1.165) is 12.8 Å². The van der Waals surface area contributed by atoms with Crippen LogP contribution in [-0.2, 0) is 18.9 Å². The Morgan fingerprint density at radius 1 is 0.758 bits per heavy atom. The largest absolute Gasteiger partial charge is 0.487 e. The van der Waals surface area contributed by atoms with Gasteiger partial charge in [-0.25, -0.2) is 0 Å². The lowest BCUT2D eigenvalue weighted by atomic mass is 10.1. The molecule has 0 heterocycles. The van der Waals surface area contributed by atoms with E-state index >= 15 is 0 Å². The molecule has 1 N–H and O–H groups in total. The molecule has 8 heteroatoms. The van der Waals surface area contributed by atoms with Crippen molar-refractivity contribution in [3.8, 4) is 11.5 Å². The summed E-state index contributed by atoms with van der Waals surface area (Å²) in [5.41, 5.74) is 0.548. The lowest BCUT2D eigenvalue weighted by molar-refractivity contribution is 0.0177. The molecule has 0 saturated carbocycles. The Morgan fingerprint density at radius 2 is 1.39 bits per heavy atom. The van der Waals surface area contributed by atoms with Gasteiger partial charge in [-0.15, -0.1) is 0 Å². The molecule has 1 rings (SSSR count). The molecular formula is C25H43NO7. The van der Waals surface area contributed by atoms with Gasteiger partial charge >= 0.3 is 0 Å². The van der Waals surface area contributed by atoms with Crippen LogP contribution in [0.2, 0.25) is 0 Å². The van der Waals surface area contributed by atoms with Crippen LogP contribution >= 0.6 is 0 Å². The van der Waals surface area contributed by atoms with Crippen molar-refractivity contribution in [3.63, 3.8) is 0 Å². The Balaban J connectivity index is 2.48. The number of hydrogen-bond acceptors (Lipinski definition) is 7. The number of benzene rings is 1. The molecule has 0 radical (unpaired) electrons. The zero-order valence-corrected chi connectivity index (χ0v) is 20.7. The van der Waals surface area contributed by atoms with Crippen LogP contribution in [0, 0.1) is 0 Å². The van der Waals surface area contributed by atoms with E-state index < -0.39 is 0 Å². The molecule has 1 amide bonds. The topological polar surface area (TPSA) is 84.5 Å². The lowest BCUT2D eigenvalue weighted by Crippen LogP contribution is -2.24. The van der Waals surface area contributed by atoms with Crippen molar-refractivity contribution in [1.82, 2.24) is 5.32 Å². The first kappa shape index (κ1) is 29.2. The van der Waals surface area contributed by atoms with Gasteiger partial charge in [0.25, 0.3) is 5.91 Å². The molecule has 0 aliphatic carbocycles. The number of amides is 1. The number of unbranched alkanes of at least 4 members (excludes halogenated alkanes) is 4. The number of carbonyl (C=O) groups excluding carboxylic acids is 1. The molecule has 0 unspecified atom stereocenters. The Bertz CT molecular complexity index is 612. The summed E-state index contributed by atoms with van der Waals surface area (Å²) in [6.07, 6.45) is 5.78. The fourth-order valence-electron chi connectivity index (χ4n) is 2.94. The van der Waals surface area contributed by atoms with Crippen molar-refractivity contribution in [2.75, 3.05) is 73.1 Å². The Labute approximate surface area is 199 Å². The molecule has 0 fully saturated rings. The summed E-state index contributed by atoms with van der Waals surface area (Å²) in [5, 5.41) is 2.98. The standard InChI is InChI=1S/C25H43NO7/c1-4-6-7-8-9-12-26-25(27)22-10-11-23(24(21-22)33-19-17-29-5-2)32-20-18-31-16-15-30-14-13-28-3/h10-11,21H,4-9,12-20H2,1-3H3,(H,26,27). The number of carbonyl (C=O) groups is 1. The summed E-state index contributed by atoms with van der Waals surface area (Å²) in [6, 6.07) is 5.24. The normalized spacial score (nSPS) is 10.9. The third-order valence-corrected chi connectivity index (χ3v) is 4.75. The molecule has 0 atom stereocenters.